The Balaban J connectivity index is 2.12. The van der Waals surface area contributed by atoms with Crippen molar-refractivity contribution in [1.82, 2.24) is 4.98 Å². The van der Waals surface area contributed by atoms with Crippen LogP contribution >= 0.6 is 0 Å². The highest BCUT2D eigenvalue weighted by Crippen LogP contribution is 2.18. The molecule has 2 rings (SSSR count). The summed E-state index contributed by atoms with van der Waals surface area (Å²) >= 11 is 0. The predicted octanol–water partition coefficient (Wildman–Crippen LogP) is 3.01. The van der Waals surface area contributed by atoms with Gasteiger partial charge in [-0.05, 0) is 36.8 Å². The first-order valence-corrected chi connectivity index (χ1v) is 5.54. The average molecular weight is 241 g/mol. The minimum Gasteiger partial charge on any atom is -0.381 e. The van der Waals surface area contributed by atoms with Crippen LogP contribution in [0.2, 0.25) is 0 Å². The van der Waals surface area contributed by atoms with Gasteiger partial charge in [0.2, 0.25) is 0 Å². The molecule has 90 valence electrons. The number of hydrogen-bond acceptors (Lipinski definition) is 3. The summed E-state index contributed by atoms with van der Waals surface area (Å²) in [4.78, 5) is 3.90. The molecule has 0 aliphatic heterocycles. The topological polar surface area (TPSA) is 48.7 Å². The van der Waals surface area contributed by atoms with Crippen molar-refractivity contribution in [3.63, 3.8) is 0 Å². The van der Waals surface area contributed by atoms with Crippen LogP contribution in [-0.4, -0.2) is 4.98 Å². The van der Waals surface area contributed by atoms with Crippen molar-refractivity contribution in [2.75, 3.05) is 5.32 Å². The molecule has 0 atom stereocenters. The third-order valence-corrected chi connectivity index (χ3v) is 2.69. The van der Waals surface area contributed by atoms with Gasteiger partial charge in [-0.25, -0.2) is 9.37 Å². The lowest BCUT2D eigenvalue weighted by Crippen LogP contribution is -2.02. The average Bonchev–Trinajstić information content (AvgIpc) is 2.41. The number of anilines is 1. The second kappa shape index (κ2) is 5.28. The quantitative estimate of drug-likeness (QED) is 0.898. The van der Waals surface area contributed by atoms with Crippen molar-refractivity contribution in [3.05, 3.63) is 59.2 Å². The van der Waals surface area contributed by atoms with E-state index in [9.17, 15) is 4.39 Å². The van der Waals surface area contributed by atoms with Gasteiger partial charge in [-0.1, -0.05) is 6.07 Å². The molecule has 1 heterocycles. The number of benzene rings is 1. The Hall–Kier alpha value is -2.41. The summed E-state index contributed by atoms with van der Waals surface area (Å²) in [6.07, 6.45) is 1.59. The zero-order valence-corrected chi connectivity index (χ0v) is 9.94. The minimum absolute atomic E-state index is 0.229. The van der Waals surface area contributed by atoms with Crippen molar-refractivity contribution in [1.29, 1.82) is 5.26 Å². The van der Waals surface area contributed by atoms with Gasteiger partial charge < -0.3 is 5.32 Å². The third-order valence-electron chi connectivity index (χ3n) is 2.69. The molecule has 3 nitrogen and oxygen atoms in total. The number of halogens is 1. The maximum atomic E-state index is 13.3. The number of nitrogens with one attached hydrogen (secondary N) is 1. The van der Waals surface area contributed by atoms with Gasteiger partial charge in [0.05, 0.1) is 0 Å². The number of aromatic nitrogens is 1. The van der Waals surface area contributed by atoms with Crippen LogP contribution in [0.1, 0.15) is 16.8 Å². The van der Waals surface area contributed by atoms with Crippen LogP contribution in [0.5, 0.6) is 0 Å². The van der Waals surface area contributed by atoms with Crippen molar-refractivity contribution < 1.29 is 4.39 Å². The van der Waals surface area contributed by atoms with Crippen molar-refractivity contribution in [2.24, 2.45) is 0 Å². The van der Waals surface area contributed by atoms with Gasteiger partial charge >= 0.3 is 0 Å². The first-order valence-electron chi connectivity index (χ1n) is 5.54. The van der Waals surface area contributed by atoms with Crippen molar-refractivity contribution in [2.45, 2.75) is 13.5 Å². The zero-order valence-electron chi connectivity index (χ0n) is 9.94. The molecule has 0 radical (unpaired) electrons. The number of pyridine rings is 1. The van der Waals surface area contributed by atoms with Gasteiger partial charge in [-0.15, -0.1) is 0 Å². The predicted molar refractivity (Wildman–Crippen MR) is 67.4 cm³/mol. The molecule has 0 aliphatic rings. The van der Waals surface area contributed by atoms with E-state index >= 15 is 0 Å². The Bertz CT molecular complexity index is 602. The lowest BCUT2D eigenvalue weighted by Gasteiger charge is -2.10. The minimum atomic E-state index is -0.229. The van der Waals surface area contributed by atoms with Crippen molar-refractivity contribution >= 4 is 5.69 Å². The van der Waals surface area contributed by atoms with Crippen LogP contribution in [0.4, 0.5) is 10.1 Å². The molecular weight excluding hydrogens is 229 g/mol. The van der Waals surface area contributed by atoms with Crippen molar-refractivity contribution in [3.8, 4) is 6.07 Å². The molecule has 0 spiro atoms. The van der Waals surface area contributed by atoms with E-state index < -0.39 is 0 Å². The summed E-state index contributed by atoms with van der Waals surface area (Å²) in [5.74, 6) is -0.229. The lowest BCUT2D eigenvalue weighted by atomic mass is 10.1. The van der Waals surface area contributed by atoms with E-state index in [0.717, 1.165) is 11.3 Å². The van der Waals surface area contributed by atoms with E-state index in [4.69, 9.17) is 5.26 Å². The van der Waals surface area contributed by atoms with Gasteiger partial charge in [0, 0.05) is 24.0 Å². The van der Waals surface area contributed by atoms with Gasteiger partial charge in [0.1, 0.15) is 17.6 Å². The van der Waals surface area contributed by atoms with Crippen LogP contribution in [-0.2, 0) is 6.54 Å². The van der Waals surface area contributed by atoms with Crippen LogP contribution in [0.15, 0.2) is 36.5 Å². The third kappa shape index (κ3) is 2.64. The molecule has 2 aromatic rings. The second-order valence-electron chi connectivity index (χ2n) is 3.93. The fraction of sp³-hybridized carbons (Fsp3) is 0.143. The molecule has 1 aromatic heterocycles. The smallest absolute Gasteiger partial charge is 0.140 e. The summed E-state index contributed by atoms with van der Waals surface area (Å²) < 4.78 is 13.3. The van der Waals surface area contributed by atoms with Crippen LogP contribution in [0.3, 0.4) is 0 Å². The summed E-state index contributed by atoms with van der Waals surface area (Å²) in [7, 11) is 0. The Morgan fingerprint density at radius 2 is 2.22 bits per heavy atom. The first kappa shape index (κ1) is 12.1. The molecular formula is C14H12FN3. The van der Waals surface area contributed by atoms with Crippen LogP contribution < -0.4 is 5.32 Å². The number of rotatable bonds is 3. The van der Waals surface area contributed by atoms with E-state index in [2.05, 4.69) is 10.3 Å². The molecule has 0 saturated heterocycles. The van der Waals surface area contributed by atoms with E-state index in [1.54, 1.807) is 25.3 Å². The standard InChI is InChI=1S/C14H12FN3/c1-10-13(15)3-2-4-14(10)18-9-11-5-6-17-12(7-11)8-16/h2-7,18H,9H2,1H3. The second-order valence-corrected chi connectivity index (χ2v) is 3.93. The maximum absolute atomic E-state index is 13.3. The van der Waals surface area contributed by atoms with Gasteiger partial charge in [0.15, 0.2) is 0 Å². The van der Waals surface area contributed by atoms with Crippen LogP contribution in [0.25, 0.3) is 0 Å². The van der Waals surface area contributed by atoms with Gasteiger partial charge in [-0.2, -0.15) is 5.26 Å². The molecule has 1 aromatic carbocycles. The number of nitriles is 1. The summed E-state index contributed by atoms with van der Waals surface area (Å²) in [6, 6.07) is 10.4. The summed E-state index contributed by atoms with van der Waals surface area (Å²) in [5, 5.41) is 11.9. The zero-order chi connectivity index (χ0) is 13.0. The Morgan fingerprint density at radius 1 is 1.39 bits per heavy atom. The van der Waals surface area contributed by atoms with Gasteiger partial charge in [0.25, 0.3) is 0 Å². The number of nitrogens with zero attached hydrogens (tertiary/aromatic N) is 2. The Morgan fingerprint density at radius 3 is 3.00 bits per heavy atom. The summed E-state index contributed by atoms with van der Waals surface area (Å²) in [6.45, 7) is 2.26. The SMILES string of the molecule is Cc1c(F)cccc1NCc1ccnc(C#N)c1. The molecule has 18 heavy (non-hydrogen) atoms. The molecule has 0 aliphatic carbocycles. The normalized spacial score (nSPS) is 9.83. The molecule has 1 N–H and O–H groups in total. The Kier molecular flexibility index (Phi) is 3.54. The molecule has 0 bridgehead atoms. The highest BCUT2D eigenvalue weighted by Gasteiger charge is 2.03. The Labute approximate surface area is 105 Å². The molecule has 0 unspecified atom stereocenters. The van der Waals surface area contributed by atoms with E-state index in [1.165, 1.54) is 6.07 Å². The largest absolute Gasteiger partial charge is 0.381 e. The van der Waals surface area contributed by atoms with Crippen LogP contribution in [0, 0.1) is 24.1 Å². The molecule has 4 heteroatoms. The van der Waals surface area contributed by atoms with E-state index in [1.807, 2.05) is 18.2 Å². The van der Waals surface area contributed by atoms with E-state index in [0.29, 0.717) is 17.8 Å². The highest BCUT2D eigenvalue weighted by molar-refractivity contribution is 5.51. The molecule has 0 amide bonds. The van der Waals surface area contributed by atoms with Gasteiger partial charge in [-0.3, -0.25) is 0 Å². The first-order chi connectivity index (χ1) is 8.70. The fourth-order valence-electron chi connectivity index (χ4n) is 1.64. The molecule has 0 fully saturated rings. The summed E-state index contributed by atoms with van der Waals surface area (Å²) in [5.41, 5.74) is 2.66. The monoisotopic (exact) mass is 241 g/mol. The molecule has 0 saturated carbocycles. The fourth-order valence-corrected chi connectivity index (χ4v) is 1.64. The number of hydrogen-bond donors (Lipinski definition) is 1. The lowest BCUT2D eigenvalue weighted by molar-refractivity contribution is 0.619. The highest BCUT2D eigenvalue weighted by atomic mass is 19.1. The maximum Gasteiger partial charge on any atom is 0.140 e. The van der Waals surface area contributed by atoms with E-state index in [-0.39, 0.29) is 5.82 Å².